The Bertz CT molecular complexity index is 3620. The van der Waals surface area contributed by atoms with Crippen LogP contribution in [0.2, 0.25) is 0 Å². The van der Waals surface area contributed by atoms with Crippen LogP contribution in [0.5, 0.6) is 17.5 Å². The van der Waals surface area contributed by atoms with Crippen LogP contribution in [0.25, 0.3) is 55.3 Å². The number of aryl methyl sites for hydroxylation is 2. The summed E-state index contributed by atoms with van der Waals surface area (Å²) >= 11 is 0. The standard InChI is InChI=1S/C62H67FN10O8/c1-7-46-50(63)21-20-41-22-44(75)24-48(54(41)46)55-58(56-49(27-65-55)59(71-28-42-23-43(71)26-64-42)68-62(67-56)81-32-36(5)79-6)80-33-37-12-14-39(15-13-37)51-30-73(70-69-51)57(34(2)3)61(78)72-29-45(76)25-53(72)60(77)66-52(31-74)40-18-16-38(17-19-40)47-11-9-8-10-35(47)4/h8-22,24,27,30,34,36,42-43,45,52-53,57,64,74-76H,7,23,25-26,28-29,31-33H2,1-6H3,(H,66,77)/t36-,42-,43-,45+,52-,53-,57-/m0/s1. The molecule has 2 amide bonds. The minimum Gasteiger partial charge on any atom is -0.508 e. The summed E-state index contributed by atoms with van der Waals surface area (Å²) in [6.45, 7) is 10.9. The number of amides is 2. The number of ether oxygens (including phenoxy) is 3. The van der Waals surface area contributed by atoms with E-state index in [0.717, 1.165) is 41.8 Å². The number of piperazine rings is 1. The van der Waals surface area contributed by atoms with Crippen LogP contribution in [0, 0.1) is 18.7 Å². The first kappa shape index (κ1) is 54.8. The van der Waals surface area contributed by atoms with Crippen LogP contribution in [-0.4, -0.2) is 132 Å². The first-order valence-corrected chi connectivity index (χ1v) is 27.7. The quantitative estimate of drug-likeness (QED) is 0.0517. The van der Waals surface area contributed by atoms with Crippen molar-refractivity contribution >= 4 is 39.3 Å². The lowest BCUT2D eigenvalue weighted by Crippen LogP contribution is -2.50. The minimum atomic E-state index is -0.990. The molecule has 0 unspecified atom stereocenters. The van der Waals surface area contributed by atoms with E-state index in [0.29, 0.717) is 79.3 Å². The van der Waals surface area contributed by atoms with Crippen LogP contribution in [0.3, 0.4) is 0 Å². The van der Waals surface area contributed by atoms with Gasteiger partial charge in [0.25, 0.3) is 0 Å². The average molecular weight is 1100 g/mol. The second kappa shape index (κ2) is 23.2. The van der Waals surface area contributed by atoms with Crippen LogP contribution < -0.4 is 25.0 Å². The Morgan fingerprint density at radius 2 is 1.70 bits per heavy atom. The van der Waals surface area contributed by atoms with Crippen molar-refractivity contribution in [3.8, 4) is 51.2 Å². The molecule has 3 aliphatic rings. The molecule has 11 rings (SSSR count). The molecule has 2 bridgehead atoms. The van der Waals surface area contributed by atoms with Crippen molar-refractivity contribution < 1.29 is 43.5 Å². The maximum atomic E-state index is 15.7. The molecule has 8 aromatic rings. The second-order valence-corrected chi connectivity index (χ2v) is 21.8. The highest BCUT2D eigenvalue weighted by atomic mass is 19.1. The molecule has 81 heavy (non-hydrogen) atoms. The molecular weight excluding hydrogens is 1030 g/mol. The molecule has 0 aliphatic carbocycles. The zero-order chi connectivity index (χ0) is 56.6. The molecule has 0 spiro atoms. The summed E-state index contributed by atoms with van der Waals surface area (Å²) in [7, 11) is 1.61. The molecule has 19 heteroatoms. The molecule has 0 saturated carbocycles. The predicted molar refractivity (Wildman–Crippen MR) is 305 cm³/mol. The van der Waals surface area contributed by atoms with Gasteiger partial charge in [0.15, 0.2) is 5.75 Å². The summed E-state index contributed by atoms with van der Waals surface area (Å²) in [5.74, 6) is -0.610. The number of hydrogen-bond donors (Lipinski definition) is 5. The van der Waals surface area contributed by atoms with E-state index in [1.807, 2.05) is 107 Å². The number of carbonyl (C=O) groups is 2. The van der Waals surface area contributed by atoms with Crippen molar-refractivity contribution in [2.75, 3.05) is 44.9 Å². The highest BCUT2D eigenvalue weighted by molar-refractivity contribution is 6.04. The Balaban J connectivity index is 0.859. The van der Waals surface area contributed by atoms with E-state index in [9.17, 15) is 24.9 Å². The Kier molecular flexibility index (Phi) is 15.7. The summed E-state index contributed by atoms with van der Waals surface area (Å²) in [6, 6.07) is 27.5. The number of phenolic OH excluding ortho intramolecular Hbond substituents is 1. The van der Waals surface area contributed by atoms with Gasteiger partial charge in [-0.1, -0.05) is 105 Å². The van der Waals surface area contributed by atoms with Gasteiger partial charge in [-0.05, 0) is 95.0 Å². The molecular formula is C62H67FN10O8. The lowest BCUT2D eigenvalue weighted by atomic mass is 9.94. The largest absolute Gasteiger partial charge is 0.508 e. The van der Waals surface area contributed by atoms with E-state index >= 15 is 4.39 Å². The molecule has 5 aromatic carbocycles. The van der Waals surface area contributed by atoms with Gasteiger partial charge in [-0.15, -0.1) is 5.10 Å². The van der Waals surface area contributed by atoms with Crippen LogP contribution in [0.1, 0.15) is 74.9 Å². The summed E-state index contributed by atoms with van der Waals surface area (Å²) in [6.07, 6.45) is 3.62. The van der Waals surface area contributed by atoms with Gasteiger partial charge < -0.3 is 50.0 Å². The van der Waals surface area contributed by atoms with E-state index in [1.54, 1.807) is 37.7 Å². The van der Waals surface area contributed by atoms with Crippen molar-refractivity contribution in [3.05, 3.63) is 138 Å². The molecule has 7 atom stereocenters. The lowest BCUT2D eigenvalue weighted by Gasteiger charge is -2.30. The summed E-state index contributed by atoms with van der Waals surface area (Å²) < 4.78 is 35.8. The van der Waals surface area contributed by atoms with Crippen LogP contribution >= 0.6 is 0 Å². The van der Waals surface area contributed by atoms with Gasteiger partial charge in [0, 0.05) is 62.6 Å². The lowest BCUT2D eigenvalue weighted by molar-refractivity contribution is -0.142. The summed E-state index contributed by atoms with van der Waals surface area (Å²) in [5.41, 5.74) is 7.62. The number of aliphatic hydroxyl groups excluding tert-OH is 2. The number of fused-ring (bicyclic) bond motifs is 4. The number of pyridine rings is 1. The number of aromatic hydroxyl groups is 1. The molecule has 3 fully saturated rings. The number of β-amino-alcohol motifs (C(OH)–C–C–N with tert-alkyl or cyclic N) is 1. The third kappa shape index (κ3) is 11.0. The number of benzene rings is 5. The van der Waals surface area contributed by atoms with Crippen LogP contribution in [-0.2, 0) is 27.4 Å². The molecule has 3 aliphatic heterocycles. The number of rotatable bonds is 19. The maximum absolute atomic E-state index is 15.7. The molecule has 6 heterocycles. The van der Waals surface area contributed by atoms with Gasteiger partial charge in [-0.25, -0.2) is 9.07 Å². The number of anilines is 1. The van der Waals surface area contributed by atoms with Crippen molar-refractivity contribution in [3.63, 3.8) is 0 Å². The van der Waals surface area contributed by atoms with Gasteiger partial charge in [0.05, 0.1) is 36.4 Å². The number of phenols is 1. The highest BCUT2D eigenvalue weighted by Gasteiger charge is 2.44. The van der Waals surface area contributed by atoms with Crippen molar-refractivity contribution in [2.45, 2.75) is 103 Å². The average Bonchev–Trinajstić information content (AvgIpc) is 4.51. The number of methoxy groups -OCH3 is 1. The van der Waals surface area contributed by atoms with E-state index in [4.69, 9.17) is 29.2 Å². The number of carbonyl (C=O) groups excluding carboxylic acids is 2. The fourth-order valence-corrected chi connectivity index (χ4v) is 11.7. The Morgan fingerprint density at radius 3 is 2.41 bits per heavy atom. The van der Waals surface area contributed by atoms with Crippen LogP contribution in [0.15, 0.2) is 109 Å². The Morgan fingerprint density at radius 1 is 0.926 bits per heavy atom. The topological polar surface area (TPSA) is 222 Å². The number of nitrogens with zero attached hydrogens (tertiary/aromatic N) is 8. The van der Waals surface area contributed by atoms with Gasteiger partial charge in [-0.3, -0.25) is 14.6 Å². The smallest absolute Gasteiger partial charge is 0.319 e. The fourth-order valence-electron chi connectivity index (χ4n) is 11.7. The van der Waals surface area contributed by atoms with Crippen molar-refractivity contribution in [2.24, 2.45) is 5.92 Å². The zero-order valence-electron chi connectivity index (χ0n) is 46.2. The summed E-state index contributed by atoms with van der Waals surface area (Å²) in [5, 5.41) is 49.8. The number of nitrogens with one attached hydrogen (secondary N) is 2. The van der Waals surface area contributed by atoms with E-state index < -0.39 is 36.0 Å². The first-order chi connectivity index (χ1) is 39.2. The van der Waals surface area contributed by atoms with Crippen molar-refractivity contribution in [1.29, 1.82) is 0 Å². The normalized spacial score (nSPS) is 18.9. The van der Waals surface area contributed by atoms with E-state index in [1.165, 1.54) is 15.6 Å². The predicted octanol–water partition coefficient (Wildman–Crippen LogP) is 8.04. The maximum Gasteiger partial charge on any atom is 0.319 e. The van der Waals surface area contributed by atoms with Gasteiger partial charge >= 0.3 is 6.01 Å². The summed E-state index contributed by atoms with van der Waals surface area (Å²) in [4.78, 5) is 47.3. The van der Waals surface area contributed by atoms with Gasteiger partial charge in [0.2, 0.25) is 11.8 Å². The molecule has 3 saturated heterocycles. The molecule has 0 radical (unpaired) electrons. The Hall–Kier alpha value is -8.10. The molecule has 3 aromatic heterocycles. The number of likely N-dealkylation sites (tertiary alicyclic amines) is 1. The van der Waals surface area contributed by atoms with Crippen molar-refractivity contribution in [1.82, 2.24) is 45.5 Å². The molecule has 18 nitrogen and oxygen atoms in total. The monoisotopic (exact) mass is 1100 g/mol. The SMILES string of the molecule is CCc1c(F)ccc2cc(O)cc(-c3ncc4c(N5C[C@@H]6C[C@H]5CN6)nc(OC[C@H](C)OC)nc4c3OCc3ccc(-c4cn([C@H](C(=O)N5C[C@H](O)C[C@H]5C(=O)N[C@@H](CO)c5ccc(-c6ccccc6C)cc5)C(C)C)nn4)cc3)c12. The second-order valence-electron chi connectivity index (χ2n) is 21.8. The number of aliphatic hydroxyl groups is 2. The highest BCUT2D eigenvalue weighted by Crippen LogP contribution is 2.45. The third-order valence-corrected chi connectivity index (χ3v) is 16.0. The molecule has 5 N–H and O–H groups in total. The van der Waals surface area contributed by atoms with E-state index in [-0.39, 0.29) is 68.4 Å². The number of hydrogen-bond acceptors (Lipinski definition) is 15. The number of aromatic nitrogens is 6. The number of halogens is 1. The molecule has 420 valence electrons. The first-order valence-electron chi connectivity index (χ1n) is 27.7. The minimum absolute atomic E-state index is 0.0247. The Labute approximate surface area is 468 Å². The van der Waals surface area contributed by atoms with E-state index in [2.05, 4.69) is 25.8 Å². The zero-order valence-corrected chi connectivity index (χ0v) is 46.2. The third-order valence-electron chi connectivity index (χ3n) is 16.0. The van der Waals surface area contributed by atoms with Crippen LogP contribution in [0.4, 0.5) is 10.2 Å². The van der Waals surface area contributed by atoms with Gasteiger partial charge in [0.1, 0.15) is 59.6 Å². The van der Waals surface area contributed by atoms with Gasteiger partial charge in [-0.2, -0.15) is 9.97 Å². The fraction of sp³-hybridized carbons (Fsp3) is 0.371.